The molecule has 4 N–H and O–H groups in total. The van der Waals surface area contributed by atoms with Crippen LogP contribution in [-0.2, 0) is 22.2 Å². The summed E-state index contributed by atoms with van der Waals surface area (Å²) in [7, 11) is -3.40. The third-order valence-electron chi connectivity index (χ3n) is 2.55. The molecule has 0 aliphatic rings. The van der Waals surface area contributed by atoms with Crippen molar-refractivity contribution in [2.45, 2.75) is 12.2 Å². The van der Waals surface area contributed by atoms with Crippen molar-refractivity contribution < 1.29 is 8.42 Å². The summed E-state index contributed by atoms with van der Waals surface area (Å²) in [6.45, 7) is 0.268. The van der Waals surface area contributed by atoms with Crippen LogP contribution in [0.2, 0.25) is 0 Å². The number of sulfonamides is 1. The monoisotopic (exact) mass is 281 g/mol. The molecule has 19 heavy (non-hydrogen) atoms. The van der Waals surface area contributed by atoms with Crippen molar-refractivity contribution in [1.82, 2.24) is 19.9 Å². The van der Waals surface area contributed by atoms with Crippen LogP contribution in [0.15, 0.2) is 30.6 Å². The van der Waals surface area contributed by atoms with Crippen molar-refractivity contribution in [3.05, 3.63) is 42.0 Å². The highest BCUT2D eigenvalue weighted by atomic mass is 32.2. The highest BCUT2D eigenvalue weighted by Gasteiger charge is 2.12. The number of aromatic nitrogens is 3. The summed E-state index contributed by atoms with van der Waals surface area (Å²) in [5, 5.41) is 6.35. The molecule has 8 heteroatoms. The lowest BCUT2D eigenvalue weighted by Crippen LogP contribution is -2.27. The zero-order chi connectivity index (χ0) is 13.7. The molecule has 7 nitrogen and oxygen atoms in total. The van der Waals surface area contributed by atoms with E-state index < -0.39 is 10.0 Å². The van der Waals surface area contributed by atoms with Crippen LogP contribution >= 0.6 is 0 Å². The quantitative estimate of drug-likeness (QED) is 0.647. The SMILES string of the molecule is Nc1ccccc1CS(=O)(=O)NCCc1ncn[nH]1. The largest absolute Gasteiger partial charge is 0.398 e. The highest BCUT2D eigenvalue weighted by molar-refractivity contribution is 7.88. The lowest BCUT2D eigenvalue weighted by molar-refractivity contribution is 0.580. The van der Waals surface area contributed by atoms with Crippen LogP contribution in [0.25, 0.3) is 0 Å². The first-order valence-electron chi connectivity index (χ1n) is 5.72. The first-order chi connectivity index (χ1) is 9.07. The molecule has 1 aromatic heterocycles. The summed E-state index contributed by atoms with van der Waals surface area (Å²) >= 11 is 0. The minimum Gasteiger partial charge on any atom is -0.398 e. The van der Waals surface area contributed by atoms with Gasteiger partial charge in [0.2, 0.25) is 10.0 Å². The number of hydrogen-bond acceptors (Lipinski definition) is 5. The molecule has 0 atom stereocenters. The zero-order valence-electron chi connectivity index (χ0n) is 10.2. The van der Waals surface area contributed by atoms with Crippen LogP contribution in [-0.4, -0.2) is 30.1 Å². The molecule has 0 saturated carbocycles. The van der Waals surface area contributed by atoms with Crippen molar-refractivity contribution in [2.24, 2.45) is 0 Å². The molecular formula is C11H15N5O2S. The molecule has 0 radical (unpaired) electrons. The Morgan fingerprint density at radius 1 is 1.32 bits per heavy atom. The van der Waals surface area contributed by atoms with Gasteiger partial charge in [0.1, 0.15) is 12.2 Å². The molecule has 0 unspecified atom stereocenters. The van der Waals surface area contributed by atoms with Gasteiger partial charge in [0.15, 0.2) is 0 Å². The second kappa shape index (κ2) is 5.81. The van der Waals surface area contributed by atoms with Gasteiger partial charge in [0, 0.05) is 18.7 Å². The van der Waals surface area contributed by atoms with E-state index in [1.807, 2.05) is 0 Å². The molecule has 2 aromatic rings. The number of para-hydroxylation sites is 1. The number of hydrogen-bond donors (Lipinski definition) is 3. The molecule has 1 aromatic carbocycles. The van der Waals surface area contributed by atoms with E-state index >= 15 is 0 Å². The molecular weight excluding hydrogens is 266 g/mol. The van der Waals surface area contributed by atoms with E-state index in [1.54, 1.807) is 24.3 Å². The number of nitrogens with zero attached hydrogens (tertiary/aromatic N) is 2. The predicted molar refractivity (Wildman–Crippen MR) is 71.6 cm³/mol. The van der Waals surface area contributed by atoms with E-state index in [4.69, 9.17) is 5.73 Å². The number of nitrogens with two attached hydrogens (primary N) is 1. The lowest BCUT2D eigenvalue weighted by Gasteiger charge is -2.07. The molecule has 0 bridgehead atoms. The summed E-state index contributed by atoms with van der Waals surface area (Å²) in [6, 6.07) is 6.91. The van der Waals surface area contributed by atoms with Gasteiger partial charge in [-0.3, -0.25) is 5.10 Å². The number of nitrogen functional groups attached to an aromatic ring is 1. The Balaban J connectivity index is 1.90. The molecule has 0 aliphatic heterocycles. The van der Waals surface area contributed by atoms with Crippen molar-refractivity contribution >= 4 is 15.7 Å². The number of benzene rings is 1. The normalized spacial score (nSPS) is 11.6. The second-order valence-electron chi connectivity index (χ2n) is 4.03. The Morgan fingerprint density at radius 2 is 2.11 bits per heavy atom. The molecule has 0 aliphatic carbocycles. The van der Waals surface area contributed by atoms with Crippen molar-refractivity contribution in [1.29, 1.82) is 0 Å². The second-order valence-corrected chi connectivity index (χ2v) is 5.84. The van der Waals surface area contributed by atoms with Gasteiger partial charge in [-0.25, -0.2) is 18.1 Å². The maximum atomic E-state index is 11.9. The topological polar surface area (TPSA) is 114 Å². The molecule has 1 heterocycles. The fourth-order valence-electron chi connectivity index (χ4n) is 1.60. The van der Waals surface area contributed by atoms with Gasteiger partial charge in [-0.1, -0.05) is 18.2 Å². The number of aromatic amines is 1. The van der Waals surface area contributed by atoms with E-state index in [0.717, 1.165) is 0 Å². The van der Waals surface area contributed by atoms with E-state index in [9.17, 15) is 8.42 Å². The van der Waals surface area contributed by atoms with Gasteiger partial charge < -0.3 is 5.73 Å². The molecule has 0 fully saturated rings. The highest BCUT2D eigenvalue weighted by Crippen LogP contribution is 2.13. The van der Waals surface area contributed by atoms with Crippen molar-refractivity contribution in [3.8, 4) is 0 Å². The fraction of sp³-hybridized carbons (Fsp3) is 0.273. The predicted octanol–water partition coefficient (Wildman–Crippen LogP) is 0.0490. The Hall–Kier alpha value is -1.93. The number of rotatable bonds is 6. The van der Waals surface area contributed by atoms with Gasteiger partial charge in [-0.15, -0.1) is 0 Å². The minimum absolute atomic E-state index is 0.129. The number of nitrogens with one attached hydrogen (secondary N) is 2. The smallest absolute Gasteiger partial charge is 0.215 e. The third-order valence-corrected chi connectivity index (χ3v) is 3.88. The maximum absolute atomic E-state index is 11.9. The maximum Gasteiger partial charge on any atom is 0.215 e. The number of H-pyrrole nitrogens is 1. The van der Waals surface area contributed by atoms with Crippen molar-refractivity contribution in [3.63, 3.8) is 0 Å². The summed E-state index contributed by atoms with van der Waals surface area (Å²) in [5.74, 6) is 0.512. The standard InChI is InChI=1S/C11H15N5O2S/c12-10-4-2-1-3-9(10)7-19(17,18)15-6-5-11-13-8-14-16-11/h1-4,8,15H,5-7,12H2,(H,13,14,16). The van der Waals surface area contributed by atoms with E-state index in [0.29, 0.717) is 23.5 Å². The van der Waals surface area contributed by atoms with E-state index in [-0.39, 0.29) is 12.3 Å². The van der Waals surface area contributed by atoms with Crippen LogP contribution in [0.1, 0.15) is 11.4 Å². The van der Waals surface area contributed by atoms with E-state index in [2.05, 4.69) is 19.9 Å². The average Bonchev–Trinajstić information content (AvgIpc) is 2.85. The Kier molecular flexibility index (Phi) is 4.13. The van der Waals surface area contributed by atoms with Crippen LogP contribution in [0.5, 0.6) is 0 Å². The van der Waals surface area contributed by atoms with Gasteiger partial charge in [0.05, 0.1) is 5.75 Å². The Morgan fingerprint density at radius 3 is 2.79 bits per heavy atom. The zero-order valence-corrected chi connectivity index (χ0v) is 11.0. The van der Waals surface area contributed by atoms with Gasteiger partial charge in [0.25, 0.3) is 0 Å². The van der Waals surface area contributed by atoms with Gasteiger partial charge in [-0.05, 0) is 11.6 Å². The fourth-order valence-corrected chi connectivity index (χ4v) is 2.79. The Labute approximate surface area is 111 Å². The first-order valence-corrected chi connectivity index (χ1v) is 7.37. The number of anilines is 1. The molecule has 2 rings (SSSR count). The van der Waals surface area contributed by atoms with Crippen LogP contribution in [0.3, 0.4) is 0 Å². The summed E-state index contributed by atoms with van der Waals surface area (Å²) in [4.78, 5) is 3.91. The lowest BCUT2D eigenvalue weighted by atomic mass is 10.2. The first kappa shape index (κ1) is 13.5. The van der Waals surface area contributed by atoms with Crippen LogP contribution in [0.4, 0.5) is 5.69 Å². The summed E-state index contributed by atoms with van der Waals surface area (Å²) in [5.41, 5.74) is 6.79. The van der Waals surface area contributed by atoms with E-state index in [1.165, 1.54) is 6.33 Å². The van der Waals surface area contributed by atoms with Gasteiger partial charge >= 0.3 is 0 Å². The van der Waals surface area contributed by atoms with Crippen LogP contribution < -0.4 is 10.5 Å². The molecule has 0 spiro atoms. The molecule has 0 amide bonds. The summed E-state index contributed by atoms with van der Waals surface area (Å²) < 4.78 is 26.2. The molecule has 102 valence electrons. The third kappa shape index (κ3) is 4.04. The van der Waals surface area contributed by atoms with Crippen molar-refractivity contribution in [2.75, 3.05) is 12.3 Å². The Bertz CT molecular complexity index is 624. The molecule has 0 saturated heterocycles. The van der Waals surface area contributed by atoms with Gasteiger partial charge in [-0.2, -0.15) is 5.10 Å². The summed E-state index contributed by atoms with van der Waals surface area (Å²) in [6.07, 6.45) is 1.85. The minimum atomic E-state index is -3.40. The average molecular weight is 281 g/mol. The van der Waals surface area contributed by atoms with Crippen LogP contribution in [0, 0.1) is 0 Å².